The van der Waals surface area contributed by atoms with E-state index in [1.54, 1.807) is 0 Å². The van der Waals surface area contributed by atoms with Crippen LogP contribution >= 0.6 is 0 Å². The maximum absolute atomic E-state index is 10.4. The van der Waals surface area contributed by atoms with Crippen LogP contribution in [0.2, 0.25) is 0 Å². The average molecular weight is 325 g/mol. The minimum atomic E-state index is -0.217. The fraction of sp³-hybridized carbons (Fsp3) is 0.455. The third-order valence-corrected chi connectivity index (χ3v) is 4.83. The van der Waals surface area contributed by atoms with Gasteiger partial charge >= 0.3 is 0 Å². The molecule has 1 aliphatic heterocycles. The molecule has 3 rings (SSSR count). The minimum absolute atomic E-state index is 0.217. The molecule has 2 aromatic carbocycles. The third-order valence-electron chi connectivity index (χ3n) is 4.83. The summed E-state index contributed by atoms with van der Waals surface area (Å²) in [5.41, 5.74) is 2.71. The topological polar surface area (TPSA) is 23.5 Å². The number of nitrogens with zero attached hydrogens (tertiary/aromatic N) is 1. The monoisotopic (exact) mass is 325 g/mol. The minimum Gasteiger partial charge on any atom is -0.393 e. The molecule has 2 aromatic rings. The second-order valence-electron chi connectivity index (χ2n) is 6.34. The fourth-order valence-electron chi connectivity index (χ4n) is 3.63. The lowest BCUT2D eigenvalue weighted by molar-refractivity contribution is 0.0990. The Kier molecular flexibility index (Phi) is 7.48. The van der Waals surface area contributed by atoms with Crippen LogP contribution in [0.3, 0.4) is 0 Å². The van der Waals surface area contributed by atoms with E-state index in [0.29, 0.717) is 11.8 Å². The van der Waals surface area contributed by atoms with Crippen LogP contribution in [0.4, 0.5) is 0 Å². The number of benzene rings is 2. The van der Waals surface area contributed by atoms with Gasteiger partial charge in [0.1, 0.15) is 0 Å². The molecule has 130 valence electrons. The summed E-state index contributed by atoms with van der Waals surface area (Å²) in [4.78, 5) is 2.48. The van der Waals surface area contributed by atoms with Crippen LogP contribution in [0.25, 0.3) is 0 Å². The summed E-state index contributed by atoms with van der Waals surface area (Å²) in [5.74, 6) is 0.760. The van der Waals surface area contributed by atoms with Crippen molar-refractivity contribution >= 4 is 0 Å². The van der Waals surface area contributed by atoms with Crippen molar-refractivity contribution in [1.29, 1.82) is 0 Å². The Morgan fingerprint density at radius 1 is 0.958 bits per heavy atom. The van der Waals surface area contributed by atoms with Crippen LogP contribution in [0.1, 0.15) is 44.2 Å². The SMILES string of the molecule is CC.CC[C@@H](O)[C@H]1CN(Cc2ccccc2)C[C@@H]1c1ccccc1. The standard InChI is InChI=1S/C20H25NO.C2H6/c1-2-20(22)19-15-21(13-16-9-5-3-6-10-16)14-18(19)17-11-7-4-8-12-17;1-2/h3-12,18-20,22H,2,13-15H2,1H3;1-2H3/t18-,19+,20-;/m1./s1. The Balaban J connectivity index is 0.00000100. The molecule has 2 heteroatoms. The molecule has 0 unspecified atom stereocenters. The summed E-state index contributed by atoms with van der Waals surface area (Å²) >= 11 is 0. The van der Waals surface area contributed by atoms with Crippen LogP contribution in [0.15, 0.2) is 60.7 Å². The summed E-state index contributed by atoms with van der Waals surface area (Å²) in [6, 6.07) is 21.3. The molecule has 24 heavy (non-hydrogen) atoms. The van der Waals surface area contributed by atoms with Crippen molar-refractivity contribution in [2.24, 2.45) is 5.92 Å². The summed E-state index contributed by atoms with van der Waals surface area (Å²) < 4.78 is 0. The third kappa shape index (κ3) is 4.68. The van der Waals surface area contributed by atoms with Crippen molar-refractivity contribution in [1.82, 2.24) is 4.90 Å². The van der Waals surface area contributed by atoms with E-state index in [1.165, 1.54) is 11.1 Å². The molecule has 0 aliphatic carbocycles. The average Bonchev–Trinajstić information content (AvgIpc) is 3.08. The molecule has 2 nitrogen and oxygen atoms in total. The molecule has 0 spiro atoms. The first kappa shape index (κ1) is 18.7. The van der Waals surface area contributed by atoms with Crippen molar-refractivity contribution in [2.75, 3.05) is 13.1 Å². The van der Waals surface area contributed by atoms with Gasteiger partial charge in [0.2, 0.25) is 0 Å². The Hall–Kier alpha value is -1.64. The molecule has 1 N–H and O–H groups in total. The molecule has 3 atom stereocenters. The highest BCUT2D eigenvalue weighted by molar-refractivity contribution is 5.23. The summed E-state index contributed by atoms with van der Waals surface area (Å²) in [6.07, 6.45) is 0.610. The number of likely N-dealkylation sites (tertiary alicyclic amines) is 1. The van der Waals surface area contributed by atoms with Crippen molar-refractivity contribution in [2.45, 2.75) is 45.8 Å². The Labute approximate surface area is 147 Å². The van der Waals surface area contributed by atoms with Gasteiger partial charge in [-0.2, -0.15) is 0 Å². The van der Waals surface area contributed by atoms with Gasteiger partial charge in [0.25, 0.3) is 0 Å². The normalized spacial score (nSPS) is 21.8. The second kappa shape index (κ2) is 9.61. The molecule has 1 heterocycles. The zero-order valence-corrected chi connectivity index (χ0v) is 15.2. The first-order valence-corrected chi connectivity index (χ1v) is 9.27. The summed E-state index contributed by atoms with van der Waals surface area (Å²) in [5, 5.41) is 10.4. The second-order valence-corrected chi connectivity index (χ2v) is 6.34. The van der Waals surface area contributed by atoms with E-state index >= 15 is 0 Å². The van der Waals surface area contributed by atoms with Gasteiger partial charge in [-0.05, 0) is 17.5 Å². The van der Waals surface area contributed by atoms with Crippen LogP contribution in [-0.2, 0) is 6.54 Å². The number of hydrogen-bond acceptors (Lipinski definition) is 2. The van der Waals surface area contributed by atoms with Gasteiger partial charge in [0.15, 0.2) is 0 Å². The zero-order valence-electron chi connectivity index (χ0n) is 15.2. The van der Waals surface area contributed by atoms with Crippen LogP contribution in [0.5, 0.6) is 0 Å². The largest absolute Gasteiger partial charge is 0.393 e. The van der Waals surface area contributed by atoms with E-state index in [2.05, 4.69) is 72.5 Å². The number of aliphatic hydroxyl groups excluding tert-OH is 1. The van der Waals surface area contributed by atoms with E-state index in [1.807, 2.05) is 13.8 Å². The molecular formula is C22H31NO. The number of aliphatic hydroxyl groups is 1. The molecule has 1 fully saturated rings. The van der Waals surface area contributed by atoms with E-state index in [-0.39, 0.29) is 6.10 Å². The molecule has 0 radical (unpaired) electrons. The number of rotatable bonds is 5. The highest BCUT2D eigenvalue weighted by Gasteiger charge is 2.37. The van der Waals surface area contributed by atoms with Gasteiger partial charge < -0.3 is 5.11 Å². The van der Waals surface area contributed by atoms with E-state index in [9.17, 15) is 5.11 Å². The lowest BCUT2D eigenvalue weighted by Crippen LogP contribution is -2.26. The number of hydrogen-bond donors (Lipinski definition) is 1. The van der Waals surface area contributed by atoms with Gasteiger partial charge in [-0.1, -0.05) is 81.4 Å². The Morgan fingerprint density at radius 3 is 2.12 bits per heavy atom. The van der Waals surface area contributed by atoms with Gasteiger partial charge in [0, 0.05) is 31.5 Å². The predicted octanol–water partition coefficient (Wildman–Crippen LogP) is 4.70. The van der Waals surface area contributed by atoms with Crippen LogP contribution < -0.4 is 0 Å². The molecule has 0 bridgehead atoms. The summed E-state index contributed by atoms with van der Waals surface area (Å²) in [6.45, 7) is 9.05. The Bertz CT molecular complexity index is 569. The highest BCUT2D eigenvalue weighted by Crippen LogP contribution is 2.36. The van der Waals surface area contributed by atoms with E-state index in [0.717, 1.165) is 26.1 Å². The molecule has 0 saturated carbocycles. The van der Waals surface area contributed by atoms with E-state index in [4.69, 9.17) is 0 Å². The lowest BCUT2D eigenvalue weighted by atomic mass is 9.84. The fourth-order valence-corrected chi connectivity index (χ4v) is 3.63. The highest BCUT2D eigenvalue weighted by atomic mass is 16.3. The van der Waals surface area contributed by atoms with E-state index < -0.39 is 0 Å². The Morgan fingerprint density at radius 2 is 1.54 bits per heavy atom. The van der Waals surface area contributed by atoms with Crippen LogP contribution in [0, 0.1) is 5.92 Å². The van der Waals surface area contributed by atoms with Gasteiger partial charge in [-0.25, -0.2) is 0 Å². The van der Waals surface area contributed by atoms with Gasteiger partial charge in [0.05, 0.1) is 6.10 Å². The lowest BCUT2D eigenvalue weighted by Gasteiger charge is -2.23. The van der Waals surface area contributed by atoms with Gasteiger partial charge in [-0.3, -0.25) is 4.90 Å². The smallest absolute Gasteiger partial charge is 0.0584 e. The first-order chi connectivity index (χ1) is 11.8. The molecule has 0 amide bonds. The molecule has 1 aliphatic rings. The van der Waals surface area contributed by atoms with Crippen molar-refractivity contribution in [3.8, 4) is 0 Å². The summed E-state index contributed by atoms with van der Waals surface area (Å²) in [7, 11) is 0. The molecular weight excluding hydrogens is 294 g/mol. The van der Waals surface area contributed by atoms with Crippen molar-refractivity contribution < 1.29 is 5.11 Å². The molecule has 1 saturated heterocycles. The maximum Gasteiger partial charge on any atom is 0.0584 e. The van der Waals surface area contributed by atoms with Crippen molar-refractivity contribution in [3.05, 3.63) is 71.8 Å². The van der Waals surface area contributed by atoms with Gasteiger partial charge in [-0.15, -0.1) is 0 Å². The molecule has 0 aromatic heterocycles. The zero-order chi connectivity index (χ0) is 17.4. The maximum atomic E-state index is 10.4. The van der Waals surface area contributed by atoms with Crippen LogP contribution in [-0.4, -0.2) is 29.2 Å². The first-order valence-electron chi connectivity index (χ1n) is 9.27. The quantitative estimate of drug-likeness (QED) is 0.861. The van der Waals surface area contributed by atoms with Crippen molar-refractivity contribution in [3.63, 3.8) is 0 Å². The predicted molar refractivity (Wildman–Crippen MR) is 102 cm³/mol.